The first-order valence-electron chi connectivity index (χ1n) is 6.01. The molecule has 0 atom stereocenters. The van der Waals surface area contributed by atoms with Crippen LogP contribution in [0.15, 0.2) is 35.2 Å². The van der Waals surface area contributed by atoms with Crippen LogP contribution in [0, 0.1) is 11.6 Å². The number of aromatic nitrogens is 3. The predicted octanol–water partition coefficient (Wildman–Crippen LogP) is 3.56. The largest absolute Gasteiger partial charge is 0.372 e. The standard InChI is InChI=1S/C13H10BrF2N5/c1-17-10-6-21-3-2-18-13(21)12(19-10)20-11-8(15)4-7(14)5-9(11)16/h2-6,17H,1H3,(H,19,20). The van der Waals surface area contributed by atoms with Gasteiger partial charge < -0.3 is 15.0 Å². The van der Waals surface area contributed by atoms with Gasteiger partial charge in [0.25, 0.3) is 0 Å². The van der Waals surface area contributed by atoms with Crippen molar-refractivity contribution in [2.75, 3.05) is 17.7 Å². The molecule has 0 saturated carbocycles. The Kier molecular flexibility index (Phi) is 3.46. The summed E-state index contributed by atoms with van der Waals surface area (Å²) in [7, 11) is 1.70. The van der Waals surface area contributed by atoms with E-state index in [9.17, 15) is 8.78 Å². The molecule has 0 spiro atoms. The fraction of sp³-hybridized carbons (Fsp3) is 0.0769. The molecule has 2 aromatic heterocycles. The summed E-state index contributed by atoms with van der Waals surface area (Å²) < 4.78 is 29.8. The lowest BCUT2D eigenvalue weighted by Gasteiger charge is -2.11. The molecule has 0 amide bonds. The molecular weight excluding hydrogens is 344 g/mol. The average Bonchev–Trinajstić information content (AvgIpc) is 2.90. The van der Waals surface area contributed by atoms with Gasteiger partial charge in [-0.15, -0.1) is 0 Å². The van der Waals surface area contributed by atoms with Gasteiger partial charge in [-0.25, -0.2) is 18.7 Å². The molecule has 0 bridgehead atoms. The monoisotopic (exact) mass is 353 g/mol. The minimum absolute atomic E-state index is 0.256. The lowest BCUT2D eigenvalue weighted by molar-refractivity contribution is 0.589. The second kappa shape index (κ2) is 5.28. The van der Waals surface area contributed by atoms with Crippen molar-refractivity contribution in [1.29, 1.82) is 0 Å². The number of fused-ring (bicyclic) bond motifs is 1. The molecule has 1 aromatic carbocycles. The molecule has 108 valence electrons. The minimum atomic E-state index is -0.719. The molecular formula is C13H10BrF2N5. The van der Waals surface area contributed by atoms with Gasteiger partial charge in [0.15, 0.2) is 23.1 Å². The lowest BCUT2D eigenvalue weighted by Crippen LogP contribution is -2.05. The van der Waals surface area contributed by atoms with E-state index in [2.05, 4.69) is 36.5 Å². The third-order valence-electron chi connectivity index (χ3n) is 2.88. The van der Waals surface area contributed by atoms with Crippen LogP contribution in [0.25, 0.3) is 5.65 Å². The Balaban J connectivity index is 2.11. The van der Waals surface area contributed by atoms with Crippen molar-refractivity contribution in [3.63, 3.8) is 0 Å². The maximum absolute atomic E-state index is 13.9. The molecule has 21 heavy (non-hydrogen) atoms. The maximum atomic E-state index is 13.9. The third kappa shape index (κ3) is 2.54. The zero-order valence-electron chi connectivity index (χ0n) is 10.9. The summed E-state index contributed by atoms with van der Waals surface area (Å²) >= 11 is 3.04. The van der Waals surface area contributed by atoms with Gasteiger partial charge in [0.2, 0.25) is 0 Å². The van der Waals surface area contributed by atoms with Crippen LogP contribution < -0.4 is 10.6 Å². The molecule has 3 rings (SSSR count). The van der Waals surface area contributed by atoms with E-state index >= 15 is 0 Å². The van der Waals surface area contributed by atoms with E-state index in [1.165, 1.54) is 12.1 Å². The Morgan fingerprint density at radius 2 is 1.95 bits per heavy atom. The summed E-state index contributed by atoms with van der Waals surface area (Å²) in [5, 5.41) is 5.54. The Morgan fingerprint density at radius 3 is 2.62 bits per heavy atom. The van der Waals surface area contributed by atoms with Gasteiger partial charge in [0, 0.05) is 23.9 Å². The molecule has 2 N–H and O–H groups in total. The van der Waals surface area contributed by atoms with Crippen molar-refractivity contribution in [1.82, 2.24) is 14.4 Å². The highest BCUT2D eigenvalue weighted by molar-refractivity contribution is 9.10. The van der Waals surface area contributed by atoms with Crippen LogP contribution >= 0.6 is 15.9 Å². The van der Waals surface area contributed by atoms with E-state index in [1.807, 2.05) is 0 Å². The zero-order chi connectivity index (χ0) is 15.0. The van der Waals surface area contributed by atoms with Crippen LogP contribution in [-0.4, -0.2) is 21.4 Å². The van der Waals surface area contributed by atoms with Gasteiger partial charge in [-0.2, -0.15) is 0 Å². The molecule has 0 unspecified atom stereocenters. The molecule has 0 aliphatic rings. The number of nitrogens with zero attached hydrogens (tertiary/aromatic N) is 3. The SMILES string of the molecule is CNc1cn2ccnc2c(Nc2c(F)cc(Br)cc2F)n1. The van der Waals surface area contributed by atoms with Crippen molar-refractivity contribution >= 4 is 38.9 Å². The minimum Gasteiger partial charge on any atom is -0.372 e. The number of hydrogen-bond donors (Lipinski definition) is 2. The summed E-state index contributed by atoms with van der Waals surface area (Å²) in [6, 6.07) is 2.35. The maximum Gasteiger partial charge on any atom is 0.180 e. The topological polar surface area (TPSA) is 54.2 Å². The van der Waals surface area contributed by atoms with Crippen molar-refractivity contribution in [3.05, 3.63) is 46.8 Å². The van der Waals surface area contributed by atoms with Crippen LogP contribution in [0.3, 0.4) is 0 Å². The van der Waals surface area contributed by atoms with Gasteiger partial charge in [0.1, 0.15) is 11.5 Å². The molecule has 3 aromatic rings. The lowest BCUT2D eigenvalue weighted by atomic mass is 10.3. The quantitative estimate of drug-likeness (QED) is 0.755. The smallest absolute Gasteiger partial charge is 0.180 e. The first-order chi connectivity index (χ1) is 10.1. The molecule has 0 fully saturated rings. The van der Waals surface area contributed by atoms with Gasteiger partial charge >= 0.3 is 0 Å². The molecule has 0 aliphatic carbocycles. The van der Waals surface area contributed by atoms with Crippen molar-refractivity contribution in [3.8, 4) is 0 Å². The number of rotatable bonds is 3. The summed E-state index contributed by atoms with van der Waals surface area (Å²) in [6.45, 7) is 0. The number of anilines is 3. The predicted molar refractivity (Wildman–Crippen MR) is 79.9 cm³/mol. The molecule has 0 aliphatic heterocycles. The second-order valence-electron chi connectivity index (χ2n) is 4.25. The van der Waals surface area contributed by atoms with Gasteiger partial charge in [-0.05, 0) is 12.1 Å². The fourth-order valence-electron chi connectivity index (χ4n) is 1.92. The Bertz CT molecular complexity index is 794. The van der Waals surface area contributed by atoms with Crippen LogP contribution in [0.2, 0.25) is 0 Å². The Morgan fingerprint density at radius 1 is 1.24 bits per heavy atom. The van der Waals surface area contributed by atoms with E-state index < -0.39 is 11.6 Å². The van der Waals surface area contributed by atoms with Gasteiger partial charge in [0.05, 0.1) is 6.20 Å². The summed E-state index contributed by atoms with van der Waals surface area (Å²) in [4.78, 5) is 8.36. The highest BCUT2D eigenvalue weighted by atomic mass is 79.9. The Hall–Kier alpha value is -2.22. The van der Waals surface area contributed by atoms with Crippen molar-refractivity contribution < 1.29 is 8.78 Å². The number of halogens is 3. The molecule has 5 nitrogen and oxygen atoms in total. The van der Waals surface area contributed by atoms with E-state index in [1.54, 1.807) is 30.0 Å². The third-order valence-corrected chi connectivity index (χ3v) is 3.34. The number of imidazole rings is 1. The zero-order valence-corrected chi connectivity index (χ0v) is 12.4. The molecule has 2 heterocycles. The Labute approximate surface area is 127 Å². The normalized spacial score (nSPS) is 10.9. The number of nitrogens with one attached hydrogen (secondary N) is 2. The van der Waals surface area contributed by atoms with E-state index in [4.69, 9.17) is 0 Å². The summed E-state index contributed by atoms with van der Waals surface area (Å²) in [5.41, 5.74) is 0.194. The van der Waals surface area contributed by atoms with Crippen LogP contribution in [0.1, 0.15) is 0 Å². The fourth-order valence-corrected chi connectivity index (χ4v) is 2.32. The average molecular weight is 354 g/mol. The molecule has 8 heteroatoms. The number of benzene rings is 1. The molecule has 0 saturated heterocycles. The van der Waals surface area contributed by atoms with Gasteiger partial charge in [-0.1, -0.05) is 15.9 Å². The first-order valence-corrected chi connectivity index (χ1v) is 6.81. The summed E-state index contributed by atoms with van der Waals surface area (Å²) in [5.74, 6) is -0.639. The van der Waals surface area contributed by atoms with Crippen LogP contribution in [0.5, 0.6) is 0 Å². The highest BCUT2D eigenvalue weighted by Gasteiger charge is 2.14. The van der Waals surface area contributed by atoms with E-state index in [0.29, 0.717) is 15.9 Å². The van der Waals surface area contributed by atoms with E-state index in [-0.39, 0.29) is 11.5 Å². The van der Waals surface area contributed by atoms with Crippen LogP contribution in [0.4, 0.5) is 26.1 Å². The molecule has 0 radical (unpaired) electrons. The van der Waals surface area contributed by atoms with Gasteiger partial charge in [-0.3, -0.25) is 0 Å². The van der Waals surface area contributed by atoms with Crippen molar-refractivity contribution in [2.24, 2.45) is 0 Å². The summed E-state index contributed by atoms with van der Waals surface area (Å²) in [6.07, 6.45) is 5.02. The number of hydrogen-bond acceptors (Lipinski definition) is 4. The van der Waals surface area contributed by atoms with Crippen molar-refractivity contribution in [2.45, 2.75) is 0 Å². The first kappa shape index (κ1) is 13.7. The highest BCUT2D eigenvalue weighted by Crippen LogP contribution is 2.28. The second-order valence-corrected chi connectivity index (χ2v) is 5.17. The van der Waals surface area contributed by atoms with Crippen LogP contribution in [-0.2, 0) is 0 Å². The van der Waals surface area contributed by atoms with E-state index in [0.717, 1.165) is 0 Å².